The first-order chi connectivity index (χ1) is 3.00. The largest absolute Gasteiger partial charge is 0.255 e. The lowest BCUT2D eigenvalue weighted by molar-refractivity contribution is -0.176. The van der Waals surface area contributed by atoms with Crippen molar-refractivity contribution in [3.63, 3.8) is 0 Å². The molecule has 0 atom stereocenters. The molecule has 0 heterocycles. The van der Waals surface area contributed by atoms with Gasteiger partial charge >= 0.3 is 0 Å². The summed E-state index contributed by atoms with van der Waals surface area (Å²) in [4.78, 5) is 0. The molecule has 0 saturated heterocycles. The van der Waals surface area contributed by atoms with Gasteiger partial charge in [0.25, 0.3) is 0 Å². The minimum absolute atomic E-state index is 2.00. The van der Waals surface area contributed by atoms with Crippen molar-refractivity contribution in [3.05, 3.63) is 0 Å². The first-order valence-electron chi connectivity index (χ1n) is 2.20. The standard InChI is InChI=1S/2C2H6.H2O2/c3*1-2/h2*1-2H3;1-2H. The van der Waals surface area contributed by atoms with Crippen LogP contribution < -0.4 is 0 Å². The van der Waals surface area contributed by atoms with Gasteiger partial charge in [0, 0.05) is 0 Å². The first kappa shape index (κ1) is 16.8. The van der Waals surface area contributed by atoms with Gasteiger partial charge in [0.15, 0.2) is 0 Å². The molecular weight excluding hydrogens is 80.0 g/mol. The van der Waals surface area contributed by atoms with E-state index in [4.69, 9.17) is 10.5 Å². The summed E-state index contributed by atoms with van der Waals surface area (Å²) < 4.78 is 0. The molecule has 0 aromatic carbocycles. The van der Waals surface area contributed by atoms with Gasteiger partial charge in [-0.25, -0.2) is 0 Å². The summed E-state index contributed by atoms with van der Waals surface area (Å²) in [6.45, 7) is 8.00. The molecule has 6 heavy (non-hydrogen) atoms. The molecular formula is C4H14O2. The minimum atomic E-state index is 2.00. The summed E-state index contributed by atoms with van der Waals surface area (Å²) in [5.41, 5.74) is 0. The van der Waals surface area contributed by atoms with E-state index in [-0.39, 0.29) is 0 Å². The van der Waals surface area contributed by atoms with Gasteiger partial charge < -0.3 is 0 Å². The van der Waals surface area contributed by atoms with Crippen molar-refractivity contribution in [1.82, 2.24) is 0 Å². The fraction of sp³-hybridized carbons (Fsp3) is 1.00. The van der Waals surface area contributed by atoms with Crippen LogP contribution in [0, 0.1) is 0 Å². The van der Waals surface area contributed by atoms with Crippen molar-refractivity contribution in [2.75, 3.05) is 0 Å². The quantitative estimate of drug-likeness (QED) is 0.356. The zero-order chi connectivity index (χ0) is 6.00. The average Bonchev–Trinajstić information content (AvgIpc) is 1.81. The van der Waals surface area contributed by atoms with Gasteiger partial charge in [-0.2, -0.15) is 0 Å². The van der Waals surface area contributed by atoms with Crippen molar-refractivity contribution >= 4 is 0 Å². The Kier molecular flexibility index (Phi) is 33100. The highest BCUT2D eigenvalue weighted by molar-refractivity contribution is 3.51. The molecule has 0 rings (SSSR count). The van der Waals surface area contributed by atoms with Crippen LogP contribution in [0.25, 0.3) is 0 Å². The van der Waals surface area contributed by atoms with Crippen LogP contribution in [0.3, 0.4) is 0 Å². The van der Waals surface area contributed by atoms with Crippen molar-refractivity contribution in [2.24, 2.45) is 0 Å². The van der Waals surface area contributed by atoms with Crippen LogP contribution in [0.15, 0.2) is 0 Å². The fourth-order valence-electron chi connectivity index (χ4n) is 0. The first-order valence-corrected chi connectivity index (χ1v) is 2.20. The predicted octanol–water partition coefficient (Wildman–Crippen LogP) is 2.07. The summed E-state index contributed by atoms with van der Waals surface area (Å²) in [5.74, 6) is 0. The lowest BCUT2D eigenvalue weighted by Crippen LogP contribution is -1.29. The van der Waals surface area contributed by atoms with E-state index in [1.807, 2.05) is 27.7 Å². The molecule has 0 fully saturated rings. The van der Waals surface area contributed by atoms with E-state index in [0.717, 1.165) is 0 Å². The van der Waals surface area contributed by atoms with Gasteiger partial charge in [0.2, 0.25) is 0 Å². The van der Waals surface area contributed by atoms with E-state index in [2.05, 4.69) is 0 Å². The Morgan fingerprint density at radius 3 is 0.667 bits per heavy atom. The fourth-order valence-corrected chi connectivity index (χ4v) is 0. The third-order valence-corrected chi connectivity index (χ3v) is 0. The van der Waals surface area contributed by atoms with Gasteiger partial charge in [-0.15, -0.1) is 0 Å². The zero-order valence-corrected chi connectivity index (χ0v) is 4.89. The molecule has 0 spiro atoms. The molecule has 0 saturated carbocycles. The van der Waals surface area contributed by atoms with Crippen molar-refractivity contribution < 1.29 is 10.5 Å². The van der Waals surface area contributed by atoms with Crippen LogP contribution >= 0.6 is 0 Å². The van der Waals surface area contributed by atoms with Crippen LogP contribution in [-0.4, -0.2) is 10.5 Å². The Bertz CT molecular complexity index is 5.51. The summed E-state index contributed by atoms with van der Waals surface area (Å²) in [7, 11) is 0. The van der Waals surface area contributed by atoms with Gasteiger partial charge in [0.05, 0.1) is 0 Å². The van der Waals surface area contributed by atoms with E-state index in [1.165, 1.54) is 0 Å². The van der Waals surface area contributed by atoms with Crippen LogP contribution in [0.4, 0.5) is 0 Å². The van der Waals surface area contributed by atoms with Gasteiger partial charge in [0.1, 0.15) is 0 Å². The lowest BCUT2D eigenvalue weighted by atomic mass is 11.0. The summed E-state index contributed by atoms with van der Waals surface area (Å²) in [5, 5.41) is 12.0. The second-order valence-electron chi connectivity index (χ2n) is 0. The van der Waals surface area contributed by atoms with Crippen molar-refractivity contribution in [1.29, 1.82) is 0 Å². The highest BCUT2D eigenvalue weighted by Crippen LogP contribution is 1.15. The molecule has 0 aliphatic heterocycles. The third-order valence-electron chi connectivity index (χ3n) is 0. The lowest BCUT2D eigenvalue weighted by Gasteiger charge is -1.25. The molecule has 0 aromatic rings. The van der Waals surface area contributed by atoms with Gasteiger partial charge in [-0.05, 0) is 0 Å². The summed E-state index contributed by atoms with van der Waals surface area (Å²) in [6.07, 6.45) is 0. The van der Waals surface area contributed by atoms with Gasteiger partial charge in [-0.3, -0.25) is 10.5 Å². The Hall–Kier alpha value is -0.0800. The molecule has 0 unspecified atom stereocenters. The second-order valence-corrected chi connectivity index (χ2v) is 0. The van der Waals surface area contributed by atoms with Crippen LogP contribution in [0.2, 0.25) is 0 Å². The van der Waals surface area contributed by atoms with E-state index in [9.17, 15) is 0 Å². The molecule has 2 nitrogen and oxygen atoms in total. The zero-order valence-electron chi connectivity index (χ0n) is 4.89. The van der Waals surface area contributed by atoms with Crippen LogP contribution in [0.5, 0.6) is 0 Å². The molecule has 2 heteroatoms. The molecule has 2 N–H and O–H groups in total. The molecule has 0 aliphatic rings. The summed E-state index contributed by atoms with van der Waals surface area (Å²) in [6, 6.07) is 0. The minimum Gasteiger partial charge on any atom is -0.255 e. The monoisotopic (exact) mass is 94.1 g/mol. The molecule has 0 aromatic heterocycles. The highest BCUT2D eigenvalue weighted by Gasteiger charge is 0.934. The second kappa shape index (κ2) is 11800. The molecule has 42 valence electrons. The SMILES string of the molecule is CC.CC.OO. The number of rotatable bonds is 0. The Balaban J connectivity index is -0.0000000225. The van der Waals surface area contributed by atoms with Crippen LogP contribution in [-0.2, 0) is 0 Å². The predicted molar refractivity (Wildman–Crippen MR) is 28.0 cm³/mol. The Morgan fingerprint density at radius 2 is 0.667 bits per heavy atom. The number of hydrogen-bond acceptors (Lipinski definition) is 2. The maximum Gasteiger partial charge on any atom is -0.0683 e. The van der Waals surface area contributed by atoms with E-state index >= 15 is 0 Å². The van der Waals surface area contributed by atoms with Crippen molar-refractivity contribution in [2.45, 2.75) is 27.7 Å². The van der Waals surface area contributed by atoms with Gasteiger partial charge in [-0.1, -0.05) is 27.7 Å². The summed E-state index contributed by atoms with van der Waals surface area (Å²) >= 11 is 0. The number of hydrogen-bond donors (Lipinski definition) is 2. The molecule has 0 amide bonds. The Labute approximate surface area is 39.4 Å². The van der Waals surface area contributed by atoms with E-state index in [0.29, 0.717) is 0 Å². The van der Waals surface area contributed by atoms with Crippen LogP contribution in [0.1, 0.15) is 27.7 Å². The third kappa shape index (κ3) is 5220. The maximum atomic E-state index is 6.00. The van der Waals surface area contributed by atoms with E-state index < -0.39 is 0 Å². The topological polar surface area (TPSA) is 40.5 Å². The molecule has 0 aliphatic carbocycles. The average molecular weight is 94.2 g/mol. The van der Waals surface area contributed by atoms with E-state index in [1.54, 1.807) is 0 Å². The normalized spacial score (nSPS) is 3.00. The smallest absolute Gasteiger partial charge is 0.0683 e. The maximum absolute atomic E-state index is 6.00. The highest BCUT2D eigenvalue weighted by atomic mass is 17.0. The Morgan fingerprint density at radius 1 is 0.667 bits per heavy atom. The molecule has 0 radical (unpaired) electrons. The molecule has 0 bridgehead atoms. The van der Waals surface area contributed by atoms with Crippen molar-refractivity contribution in [3.8, 4) is 0 Å².